The van der Waals surface area contributed by atoms with Crippen LogP contribution in [0.25, 0.3) is 21.8 Å². The van der Waals surface area contributed by atoms with Crippen LogP contribution in [-0.2, 0) is 19.6 Å². The summed E-state index contributed by atoms with van der Waals surface area (Å²) in [5.41, 5.74) is 4.00. The smallest absolute Gasteiger partial charge is 0.240 e. The number of carbonyl (C=O) groups excluding carboxylic acids is 2. The number of benzene rings is 3. The van der Waals surface area contributed by atoms with Gasteiger partial charge in [0.25, 0.3) is 0 Å². The second-order valence-corrected chi connectivity index (χ2v) is 10.00. The molecule has 0 saturated carbocycles. The Labute approximate surface area is 209 Å². The van der Waals surface area contributed by atoms with E-state index in [-0.39, 0.29) is 16.7 Å². The lowest BCUT2D eigenvalue weighted by Crippen LogP contribution is -2.18. The number of hydrogen-bond acceptors (Lipinski definition) is 6. The lowest BCUT2D eigenvalue weighted by molar-refractivity contribution is -0.116. The van der Waals surface area contributed by atoms with Crippen LogP contribution >= 0.6 is 0 Å². The Balaban J connectivity index is 1.84. The van der Waals surface area contributed by atoms with E-state index in [4.69, 9.17) is 4.98 Å². The van der Waals surface area contributed by atoms with E-state index < -0.39 is 10.0 Å². The highest BCUT2D eigenvalue weighted by Gasteiger charge is 2.14. The number of rotatable bonds is 8. The van der Waals surface area contributed by atoms with Crippen molar-refractivity contribution in [3.63, 3.8) is 0 Å². The van der Waals surface area contributed by atoms with Crippen molar-refractivity contribution in [2.75, 3.05) is 23.0 Å². The molecule has 36 heavy (non-hydrogen) atoms. The number of anilines is 4. The van der Waals surface area contributed by atoms with E-state index in [1.54, 1.807) is 38.1 Å². The van der Waals surface area contributed by atoms with Gasteiger partial charge in [0.15, 0.2) is 0 Å². The fraction of sp³-hybridized carbons (Fsp3) is 0.192. The van der Waals surface area contributed by atoms with Crippen molar-refractivity contribution in [3.05, 3.63) is 60.7 Å². The molecule has 4 rings (SSSR count). The molecule has 0 unspecified atom stereocenters. The van der Waals surface area contributed by atoms with Crippen LogP contribution in [0, 0.1) is 0 Å². The quantitative estimate of drug-likeness (QED) is 0.256. The summed E-state index contributed by atoms with van der Waals surface area (Å²) in [5, 5.41) is 10.7. The lowest BCUT2D eigenvalue weighted by atomic mass is 10.1. The zero-order valence-electron chi connectivity index (χ0n) is 20.2. The van der Waals surface area contributed by atoms with E-state index in [0.29, 0.717) is 40.9 Å². The van der Waals surface area contributed by atoms with Gasteiger partial charge in [0.1, 0.15) is 0 Å². The lowest BCUT2D eigenvalue weighted by Gasteiger charge is -2.15. The Morgan fingerprint density at radius 2 is 1.22 bits per heavy atom. The first-order chi connectivity index (χ1) is 17.2. The highest BCUT2D eigenvalue weighted by atomic mass is 32.2. The minimum absolute atomic E-state index is 0.102. The Hall–Kier alpha value is -4.02. The van der Waals surface area contributed by atoms with Crippen LogP contribution in [0.2, 0.25) is 0 Å². The number of carbonyl (C=O) groups is 2. The number of nitrogens with one attached hydrogen (secondary N) is 4. The molecule has 0 spiro atoms. The van der Waals surface area contributed by atoms with Crippen molar-refractivity contribution >= 4 is 66.4 Å². The number of hydrogen-bond donors (Lipinski definition) is 4. The van der Waals surface area contributed by atoms with E-state index >= 15 is 0 Å². The first-order valence-corrected chi connectivity index (χ1v) is 13.0. The fourth-order valence-electron chi connectivity index (χ4n) is 3.71. The maximum Gasteiger partial charge on any atom is 0.240 e. The molecule has 1 heterocycles. The van der Waals surface area contributed by atoms with Crippen LogP contribution in [0.4, 0.5) is 22.7 Å². The zero-order chi connectivity index (χ0) is 25.9. The van der Waals surface area contributed by atoms with Crippen molar-refractivity contribution < 1.29 is 18.0 Å². The van der Waals surface area contributed by atoms with Gasteiger partial charge < -0.3 is 16.0 Å². The van der Waals surface area contributed by atoms with Crippen molar-refractivity contribution in [2.45, 2.75) is 31.6 Å². The third-order valence-electron chi connectivity index (χ3n) is 5.69. The van der Waals surface area contributed by atoms with Gasteiger partial charge >= 0.3 is 0 Å². The van der Waals surface area contributed by atoms with Crippen LogP contribution in [0.5, 0.6) is 0 Å². The Kier molecular flexibility index (Phi) is 7.18. The molecule has 0 fully saturated rings. The summed E-state index contributed by atoms with van der Waals surface area (Å²) in [6.07, 6.45) is 0.714. The van der Waals surface area contributed by atoms with Gasteiger partial charge in [0, 0.05) is 40.7 Å². The number of fused-ring (bicyclic) bond motifs is 2. The predicted octanol–water partition coefficient (Wildman–Crippen LogP) is 4.74. The summed E-state index contributed by atoms with van der Waals surface area (Å²) in [5.74, 6) is -0.204. The van der Waals surface area contributed by atoms with Gasteiger partial charge in [-0.15, -0.1) is 0 Å². The van der Waals surface area contributed by atoms with Crippen LogP contribution in [0.1, 0.15) is 26.7 Å². The van der Waals surface area contributed by atoms with Gasteiger partial charge in [-0.2, -0.15) is 0 Å². The summed E-state index contributed by atoms with van der Waals surface area (Å²) in [6.45, 7) is 3.56. The highest BCUT2D eigenvalue weighted by Crippen LogP contribution is 2.35. The van der Waals surface area contributed by atoms with E-state index in [2.05, 4.69) is 20.7 Å². The first kappa shape index (κ1) is 25.1. The molecule has 0 saturated heterocycles. The second-order valence-electron chi connectivity index (χ2n) is 8.11. The van der Waals surface area contributed by atoms with Gasteiger partial charge in [0.05, 0.1) is 21.6 Å². The highest BCUT2D eigenvalue weighted by molar-refractivity contribution is 7.89. The predicted molar refractivity (Wildman–Crippen MR) is 143 cm³/mol. The maximum absolute atomic E-state index is 12.1. The normalized spacial score (nSPS) is 11.4. The van der Waals surface area contributed by atoms with Crippen molar-refractivity contribution in [2.24, 2.45) is 0 Å². The Bertz CT molecular complexity index is 1490. The molecular weight excluding hydrogens is 478 g/mol. The van der Waals surface area contributed by atoms with E-state index in [1.807, 2.05) is 24.3 Å². The Morgan fingerprint density at radius 3 is 1.67 bits per heavy atom. The summed E-state index contributed by atoms with van der Waals surface area (Å²) in [7, 11) is -2.18. The molecule has 9 nitrogen and oxygen atoms in total. The summed E-state index contributed by atoms with van der Waals surface area (Å²) in [6, 6.07) is 17.4. The van der Waals surface area contributed by atoms with Gasteiger partial charge in [0.2, 0.25) is 21.8 Å². The van der Waals surface area contributed by atoms with E-state index in [9.17, 15) is 18.0 Å². The maximum atomic E-state index is 12.1. The molecule has 186 valence electrons. The number of pyridine rings is 1. The molecule has 2 amide bonds. The summed E-state index contributed by atoms with van der Waals surface area (Å²) in [4.78, 5) is 28.8. The van der Waals surface area contributed by atoms with Crippen molar-refractivity contribution in [1.29, 1.82) is 0 Å². The molecule has 4 aromatic rings. The second kappa shape index (κ2) is 10.3. The molecule has 3 aromatic carbocycles. The number of nitrogens with zero attached hydrogens (tertiary/aromatic N) is 1. The average molecular weight is 506 g/mol. The molecule has 0 aliphatic heterocycles. The largest absolute Gasteiger partial charge is 0.354 e. The van der Waals surface area contributed by atoms with Gasteiger partial charge in [-0.25, -0.2) is 18.1 Å². The summed E-state index contributed by atoms with van der Waals surface area (Å²) >= 11 is 0. The van der Waals surface area contributed by atoms with Crippen LogP contribution in [-0.4, -0.2) is 32.3 Å². The van der Waals surface area contributed by atoms with Crippen molar-refractivity contribution in [3.8, 4) is 0 Å². The molecular formula is C26H27N5O4S. The third-order valence-corrected chi connectivity index (χ3v) is 7.12. The SMILES string of the molecule is CCC(=O)Nc1ccc2c(Nc3ccc(S(=O)(=O)NC)cc3)c3ccc(NC(=O)CC)cc3nc2c1. The molecule has 0 radical (unpaired) electrons. The van der Waals surface area contributed by atoms with Crippen LogP contribution in [0.3, 0.4) is 0 Å². The molecule has 1 aromatic heterocycles. The standard InChI is InChI=1S/C26H27N5O4S/c1-4-24(32)28-17-8-12-20-22(14-17)31-23-15-18(29-25(33)5-2)9-13-21(23)26(20)30-16-6-10-19(11-7-16)36(34,35)27-3/h6-15,27H,4-5H2,1-3H3,(H,28,32)(H,29,33)(H,30,31). The fourth-order valence-corrected chi connectivity index (χ4v) is 4.44. The number of sulfonamides is 1. The molecule has 0 aliphatic carbocycles. The van der Waals surface area contributed by atoms with Crippen molar-refractivity contribution in [1.82, 2.24) is 9.71 Å². The molecule has 10 heteroatoms. The molecule has 0 aliphatic rings. The molecule has 0 bridgehead atoms. The van der Waals surface area contributed by atoms with Gasteiger partial charge in [-0.1, -0.05) is 13.8 Å². The van der Waals surface area contributed by atoms with Crippen LogP contribution in [0.15, 0.2) is 65.6 Å². The monoisotopic (exact) mass is 505 g/mol. The average Bonchev–Trinajstić information content (AvgIpc) is 2.88. The van der Waals surface area contributed by atoms with E-state index in [1.165, 1.54) is 19.2 Å². The van der Waals surface area contributed by atoms with Gasteiger partial charge in [-0.3, -0.25) is 9.59 Å². The summed E-state index contributed by atoms with van der Waals surface area (Å²) < 4.78 is 26.5. The third kappa shape index (κ3) is 5.29. The topological polar surface area (TPSA) is 129 Å². The Morgan fingerprint density at radius 1 is 0.750 bits per heavy atom. The van der Waals surface area contributed by atoms with Crippen LogP contribution < -0.4 is 20.7 Å². The number of aromatic nitrogens is 1. The van der Waals surface area contributed by atoms with Gasteiger partial charge in [-0.05, 0) is 67.7 Å². The molecule has 4 N–H and O–H groups in total. The minimum atomic E-state index is -3.55. The molecule has 0 atom stereocenters. The zero-order valence-corrected chi connectivity index (χ0v) is 21.0. The number of amides is 2. The van der Waals surface area contributed by atoms with E-state index in [0.717, 1.165) is 16.5 Å². The minimum Gasteiger partial charge on any atom is -0.354 e. The first-order valence-electron chi connectivity index (χ1n) is 11.5.